The number of hydrogen-bond donors (Lipinski definition) is 0. The van der Waals surface area contributed by atoms with Crippen LogP contribution in [-0.4, -0.2) is 92.2 Å². The summed E-state index contributed by atoms with van der Waals surface area (Å²) in [5, 5.41) is 0. The minimum atomic E-state index is -1.49. The molecule has 6 aliphatic rings. The summed E-state index contributed by atoms with van der Waals surface area (Å²) in [7, 11) is 0. The van der Waals surface area contributed by atoms with Crippen molar-refractivity contribution in [2.75, 3.05) is 13.2 Å². The molecule has 0 radical (unpaired) electrons. The maximum absolute atomic E-state index is 13.9. The van der Waals surface area contributed by atoms with Gasteiger partial charge in [-0.2, -0.15) is 0 Å². The fourth-order valence-corrected chi connectivity index (χ4v) is 8.10. The molecule has 4 aromatic carbocycles. The van der Waals surface area contributed by atoms with Crippen LogP contribution < -0.4 is 0 Å². The van der Waals surface area contributed by atoms with Gasteiger partial charge in [-0.1, -0.05) is 72.8 Å². The molecule has 0 spiro atoms. The van der Waals surface area contributed by atoms with Gasteiger partial charge >= 0.3 is 23.9 Å². The van der Waals surface area contributed by atoms with Gasteiger partial charge in [-0.15, -0.1) is 0 Å². The fourth-order valence-electron chi connectivity index (χ4n) is 8.10. The lowest BCUT2D eigenvalue weighted by molar-refractivity contribution is -0.332. The first-order valence-corrected chi connectivity index (χ1v) is 18.0. The van der Waals surface area contributed by atoms with Gasteiger partial charge in [0.05, 0.1) is 53.3 Å². The zero-order chi connectivity index (χ0) is 36.8. The molecule has 5 bridgehead atoms. The quantitative estimate of drug-likeness (QED) is 0.156. The van der Waals surface area contributed by atoms with Crippen molar-refractivity contribution in [3.05, 3.63) is 144 Å². The zero-order valence-electron chi connectivity index (χ0n) is 28.8. The molecule has 12 nitrogen and oxygen atoms in total. The third-order valence-electron chi connectivity index (χ3n) is 10.8. The summed E-state index contributed by atoms with van der Waals surface area (Å²) in [6.07, 6.45) is -7.40. The maximum Gasteiger partial charge on any atom is 0.338 e. The largest absolute Gasteiger partial charge is 0.459 e. The average Bonchev–Trinajstić information content (AvgIpc) is 3.89. The van der Waals surface area contributed by atoms with Gasteiger partial charge in [-0.05, 0) is 48.5 Å². The van der Waals surface area contributed by atoms with Crippen LogP contribution in [0.2, 0.25) is 0 Å². The monoisotopic (exact) mass is 732 g/mol. The first kappa shape index (κ1) is 34.4. The molecule has 6 fully saturated rings. The van der Waals surface area contributed by atoms with E-state index >= 15 is 0 Å². The summed E-state index contributed by atoms with van der Waals surface area (Å²) in [6.45, 7) is -0.00918. The minimum absolute atomic E-state index is 0.00957. The smallest absolute Gasteiger partial charge is 0.338 e. The molecule has 6 unspecified atom stereocenters. The Morgan fingerprint density at radius 1 is 0.500 bits per heavy atom. The number of carbonyl (C=O) groups excluding carboxylic acids is 4. The molecule has 10 rings (SSSR count). The average molecular weight is 733 g/mol. The Bertz CT molecular complexity index is 1990. The molecule has 12 heteroatoms. The maximum atomic E-state index is 13.9. The van der Waals surface area contributed by atoms with Crippen molar-refractivity contribution in [3.8, 4) is 0 Å². The number of benzene rings is 4. The van der Waals surface area contributed by atoms with E-state index in [1.165, 1.54) is 0 Å². The van der Waals surface area contributed by atoms with Crippen LogP contribution in [-0.2, 0) is 37.9 Å². The third-order valence-corrected chi connectivity index (χ3v) is 10.8. The molecule has 4 saturated heterocycles. The van der Waals surface area contributed by atoms with Gasteiger partial charge in [0.15, 0.2) is 24.6 Å². The summed E-state index contributed by atoms with van der Waals surface area (Å²) in [5.41, 5.74) is 0.922. The Balaban J connectivity index is 1.09. The second-order valence-electron chi connectivity index (χ2n) is 14.0. The standard InChI is InChI=1S/C42H36O12/c43-38(23-13-5-1-6-14-23)48-22-28-33(51-39(44)24-15-7-2-8-16-24)36(52-40(45)25-17-9-3-10-18-25)37(53-41(46)26-19-11-4-12-20-26)42(49-28)54-32-27-21-47-34-30-29(32)31(27)50-35(30)34/h1-20,27-37,42H,21-22H2/t27?,28?,29?,30-,31?,32-,33-,34+,35?,36?,37+,42+/m1/s1. The molecular formula is C42H36O12. The van der Waals surface area contributed by atoms with Crippen LogP contribution in [0.5, 0.6) is 0 Å². The summed E-state index contributed by atoms with van der Waals surface area (Å²) in [4.78, 5) is 54.6. The molecule has 0 N–H and O–H groups in total. The van der Waals surface area contributed by atoms with Gasteiger partial charge in [0.25, 0.3) is 0 Å². The van der Waals surface area contributed by atoms with Crippen LogP contribution in [0.15, 0.2) is 121 Å². The van der Waals surface area contributed by atoms with E-state index < -0.39 is 67.3 Å². The number of fused-ring (bicyclic) bond motifs is 1. The SMILES string of the molecule is O=C(OCC1O[C@@H](O[C@@H]2C3CO[C@@H]4C5OC3C2[C@@H]54)[C@@H](OC(=O)c2ccccc2)C(OC(=O)c2ccccc2)[C@@H]1OC(=O)c1ccccc1)c1ccccc1. The van der Waals surface area contributed by atoms with Gasteiger partial charge in [-0.25, -0.2) is 19.2 Å². The number of rotatable bonds is 11. The van der Waals surface area contributed by atoms with Crippen LogP contribution in [0.25, 0.3) is 0 Å². The summed E-state index contributed by atoms with van der Waals surface area (Å²) in [6, 6.07) is 33.2. The minimum Gasteiger partial charge on any atom is -0.459 e. The van der Waals surface area contributed by atoms with Crippen molar-refractivity contribution in [1.29, 1.82) is 0 Å². The van der Waals surface area contributed by atoms with Crippen molar-refractivity contribution in [2.24, 2.45) is 17.8 Å². The lowest BCUT2D eigenvalue weighted by Crippen LogP contribution is -2.66. The van der Waals surface area contributed by atoms with Crippen LogP contribution in [0, 0.1) is 17.8 Å². The molecule has 4 heterocycles. The highest BCUT2D eigenvalue weighted by atomic mass is 16.7. The Morgan fingerprint density at radius 3 is 1.52 bits per heavy atom. The van der Waals surface area contributed by atoms with E-state index in [1.54, 1.807) is 121 Å². The number of ether oxygens (including phenoxy) is 8. The number of hydrogen-bond acceptors (Lipinski definition) is 12. The molecule has 2 saturated carbocycles. The Morgan fingerprint density at radius 2 is 0.981 bits per heavy atom. The molecule has 12 atom stereocenters. The van der Waals surface area contributed by atoms with Gasteiger partial charge in [-0.3, -0.25) is 0 Å². The number of carbonyl (C=O) groups is 4. The van der Waals surface area contributed by atoms with E-state index in [2.05, 4.69) is 0 Å². The predicted octanol–water partition coefficient (Wildman–Crippen LogP) is 4.67. The summed E-state index contributed by atoms with van der Waals surface area (Å²) in [5.74, 6) is -2.87. The van der Waals surface area contributed by atoms with Gasteiger partial charge < -0.3 is 37.9 Å². The van der Waals surface area contributed by atoms with Crippen molar-refractivity contribution in [3.63, 3.8) is 0 Å². The van der Waals surface area contributed by atoms with E-state index in [9.17, 15) is 19.2 Å². The van der Waals surface area contributed by atoms with Crippen LogP contribution >= 0.6 is 0 Å². The van der Waals surface area contributed by atoms with Gasteiger partial charge in [0.1, 0.15) is 12.7 Å². The zero-order valence-corrected chi connectivity index (χ0v) is 28.8. The lowest BCUT2D eigenvalue weighted by atomic mass is 9.68. The molecule has 0 amide bonds. The third kappa shape index (κ3) is 6.45. The summed E-state index contributed by atoms with van der Waals surface area (Å²) < 4.78 is 49.9. The molecule has 0 aromatic heterocycles. The number of esters is 4. The molecule has 4 aliphatic heterocycles. The van der Waals surface area contributed by atoms with Crippen LogP contribution in [0.3, 0.4) is 0 Å². The van der Waals surface area contributed by atoms with Crippen molar-refractivity contribution in [2.45, 2.75) is 55.1 Å². The van der Waals surface area contributed by atoms with E-state index in [0.29, 0.717) is 6.61 Å². The van der Waals surface area contributed by atoms with Crippen molar-refractivity contribution >= 4 is 23.9 Å². The summed E-state index contributed by atoms with van der Waals surface area (Å²) >= 11 is 0. The van der Waals surface area contributed by atoms with Crippen LogP contribution in [0.4, 0.5) is 0 Å². The Labute approximate surface area is 310 Å². The Kier molecular flexibility index (Phi) is 9.19. The van der Waals surface area contributed by atoms with E-state index in [1.807, 2.05) is 0 Å². The van der Waals surface area contributed by atoms with E-state index in [-0.39, 0.29) is 58.3 Å². The van der Waals surface area contributed by atoms with Crippen molar-refractivity contribution < 1.29 is 57.1 Å². The van der Waals surface area contributed by atoms with Crippen molar-refractivity contribution in [1.82, 2.24) is 0 Å². The molecule has 276 valence electrons. The first-order valence-electron chi connectivity index (χ1n) is 18.0. The van der Waals surface area contributed by atoms with E-state index in [4.69, 9.17) is 37.9 Å². The van der Waals surface area contributed by atoms with Gasteiger partial charge in [0, 0.05) is 17.8 Å². The molecular weight excluding hydrogens is 696 g/mol. The second kappa shape index (κ2) is 14.4. The predicted molar refractivity (Wildman–Crippen MR) is 186 cm³/mol. The van der Waals surface area contributed by atoms with Gasteiger partial charge in [0.2, 0.25) is 0 Å². The highest BCUT2D eigenvalue weighted by Crippen LogP contribution is 2.65. The Hall–Kier alpha value is -5.40. The highest BCUT2D eigenvalue weighted by Gasteiger charge is 2.76. The molecule has 4 aromatic rings. The molecule has 54 heavy (non-hydrogen) atoms. The lowest BCUT2D eigenvalue weighted by Gasteiger charge is -2.50. The fraction of sp³-hybridized carbons (Fsp3) is 0.333. The molecule has 2 aliphatic carbocycles. The second-order valence-corrected chi connectivity index (χ2v) is 14.0. The first-order chi connectivity index (χ1) is 26.4. The van der Waals surface area contributed by atoms with Crippen LogP contribution in [0.1, 0.15) is 41.4 Å². The highest BCUT2D eigenvalue weighted by molar-refractivity contribution is 5.91. The topological polar surface area (TPSA) is 142 Å². The van der Waals surface area contributed by atoms with E-state index in [0.717, 1.165) is 0 Å². The normalized spacial score (nSPS) is 32.6.